The molecule has 120 valence electrons. The summed E-state index contributed by atoms with van der Waals surface area (Å²) in [6, 6.07) is 7.12. The number of carbonyl (C=O) groups excluding carboxylic acids is 2. The topological polar surface area (TPSA) is 78.9 Å². The molecule has 2 rings (SSSR count). The molecular formula is C16H22N2O4. The van der Waals surface area contributed by atoms with Gasteiger partial charge in [-0.3, -0.25) is 9.69 Å². The lowest BCUT2D eigenvalue weighted by Gasteiger charge is -2.19. The molecule has 1 fully saturated rings. The van der Waals surface area contributed by atoms with Gasteiger partial charge in [0.1, 0.15) is 24.0 Å². The van der Waals surface area contributed by atoms with E-state index in [1.807, 2.05) is 31.2 Å². The standard InChI is InChI=1S/C16H22N2O4/c1-4-11-6-5-7-13(8-11)22-10-12(19)9-18-14(20)16(2,3)17-15(18)21/h5-8,12,19H,4,9-10H2,1-3H3,(H,17,21)/t12-/m0/s1. The number of nitrogens with zero attached hydrogens (tertiary/aromatic N) is 1. The number of carbonyl (C=O) groups is 2. The van der Waals surface area contributed by atoms with Crippen LogP contribution in [0, 0.1) is 0 Å². The van der Waals surface area contributed by atoms with Gasteiger partial charge in [-0.2, -0.15) is 0 Å². The summed E-state index contributed by atoms with van der Waals surface area (Å²) >= 11 is 0. The SMILES string of the molecule is CCc1cccc(OC[C@@H](O)CN2C(=O)NC(C)(C)C2=O)c1. The van der Waals surface area contributed by atoms with Crippen molar-refractivity contribution in [2.75, 3.05) is 13.2 Å². The Hall–Kier alpha value is -2.08. The third kappa shape index (κ3) is 3.57. The van der Waals surface area contributed by atoms with Crippen molar-refractivity contribution in [1.29, 1.82) is 0 Å². The zero-order chi connectivity index (χ0) is 16.3. The predicted octanol–water partition coefficient (Wildman–Crippen LogP) is 1.32. The number of hydrogen-bond donors (Lipinski definition) is 2. The van der Waals surface area contributed by atoms with Crippen LogP contribution in [0.15, 0.2) is 24.3 Å². The van der Waals surface area contributed by atoms with E-state index < -0.39 is 17.7 Å². The Morgan fingerprint density at radius 2 is 2.09 bits per heavy atom. The molecule has 1 atom stereocenters. The number of benzene rings is 1. The van der Waals surface area contributed by atoms with Gasteiger partial charge >= 0.3 is 6.03 Å². The highest BCUT2D eigenvalue weighted by Gasteiger charge is 2.44. The smallest absolute Gasteiger partial charge is 0.325 e. The fourth-order valence-corrected chi connectivity index (χ4v) is 2.29. The van der Waals surface area contributed by atoms with E-state index in [4.69, 9.17) is 4.74 Å². The average molecular weight is 306 g/mol. The van der Waals surface area contributed by atoms with Gasteiger partial charge in [0.05, 0.1) is 6.54 Å². The fraction of sp³-hybridized carbons (Fsp3) is 0.500. The van der Waals surface area contributed by atoms with E-state index in [0.29, 0.717) is 5.75 Å². The van der Waals surface area contributed by atoms with Crippen molar-refractivity contribution in [3.63, 3.8) is 0 Å². The van der Waals surface area contributed by atoms with Crippen LogP contribution in [0.25, 0.3) is 0 Å². The zero-order valence-corrected chi connectivity index (χ0v) is 13.1. The highest BCUT2D eigenvalue weighted by atomic mass is 16.5. The van der Waals surface area contributed by atoms with E-state index in [1.54, 1.807) is 13.8 Å². The van der Waals surface area contributed by atoms with Gasteiger partial charge < -0.3 is 15.2 Å². The molecule has 0 aliphatic carbocycles. The Labute approximate surface area is 130 Å². The molecule has 6 nitrogen and oxygen atoms in total. The minimum Gasteiger partial charge on any atom is -0.491 e. The highest BCUT2D eigenvalue weighted by molar-refractivity contribution is 6.06. The van der Waals surface area contributed by atoms with Crippen molar-refractivity contribution in [2.24, 2.45) is 0 Å². The van der Waals surface area contributed by atoms with Crippen molar-refractivity contribution in [3.05, 3.63) is 29.8 Å². The summed E-state index contributed by atoms with van der Waals surface area (Å²) in [6.45, 7) is 5.25. The summed E-state index contributed by atoms with van der Waals surface area (Å²) in [5, 5.41) is 12.6. The largest absolute Gasteiger partial charge is 0.491 e. The molecule has 0 spiro atoms. The maximum absolute atomic E-state index is 12.0. The van der Waals surface area contributed by atoms with Crippen LogP contribution < -0.4 is 10.1 Å². The Morgan fingerprint density at radius 3 is 2.68 bits per heavy atom. The monoisotopic (exact) mass is 306 g/mol. The molecule has 3 amide bonds. The number of amides is 3. The quantitative estimate of drug-likeness (QED) is 0.777. The number of aliphatic hydroxyl groups excluding tert-OH is 1. The molecule has 0 bridgehead atoms. The summed E-state index contributed by atoms with van der Waals surface area (Å²) in [5.74, 6) is 0.320. The van der Waals surface area contributed by atoms with Crippen LogP contribution in [-0.4, -0.2) is 46.7 Å². The molecule has 0 radical (unpaired) electrons. The van der Waals surface area contributed by atoms with E-state index in [2.05, 4.69) is 5.32 Å². The first kappa shape index (κ1) is 16.3. The van der Waals surface area contributed by atoms with Gasteiger partial charge in [-0.25, -0.2) is 4.79 Å². The molecule has 6 heteroatoms. The summed E-state index contributed by atoms with van der Waals surface area (Å²) in [7, 11) is 0. The Kier molecular flexibility index (Phi) is 4.71. The van der Waals surface area contributed by atoms with Crippen LogP contribution in [0.4, 0.5) is 4.79 Å². The van der Waals surface area contributed by atoms with Crippen LogP contribution in [0.1, 0.15) is 26.3 Å². The minimum atomic E-state index is -0.936. The highest BCUT2D eigenvalue weighted by Crippen LogP contribution is 2.17. The van der Waals surface area contributed by atoms with Crippen molar-refractivity contribution < 1.29 is 19.4 Å². The number of ether oxygens (including phenoxy) is 1. The second kappa shape index (κ2) is 6.36. The van der Waals surface area contributed by atoms with E-state index in [9.17, 15) is 14.7 Å². The van der Waals surface area contributed by atoms with E-state index in [0.717, 1.165) is 16.9 Å². The molecule has 22 heavy (non-hydrogen) atoms. The van der Waals surface area contributed by atoms with Gasteiger partial charge in [0.15, 0.2) is 0 Å². The van der Waals surface area contributed by atoms with Crippen molar-refractivity contribution >= 4 is 11.9 Å². The van der Waals surface area contributed by atoms with Crippen molar-refractivity contribution in [3.8, 4) is 5.75 Å². The number of urea groups is 1. The number of aryl methyl sites for hydroxylation is 1. The first-order valence-corrected chi connectivity index (χ1v) is 7.37. The summed E-state index contributed by atoms with van der Waals surface area (Å²) < 4.78 is 5.52. The van der Waals surface area contributed by atoms with E-state index in [1.165, 1.54) is 0 Å². The molecule has 2 N–H and O–H groups in total. The number of rotatable bonds is 6. The molecule has 0 unspecified atom stereocenters. The Morgan fingerprint density at radius 1 is 1.36 bits per heavy atom. The number of hydrogen-bond acceptors (Lipinski definition) is 4. The molecule has 1 aromatic rings. The second-order valence-corrected chi connectivity index (χ2v) is 5.94. The number of aliphatic hydroxyl groups is 1. The first-order valence-electron chi connectivity index (χ1n) is 7.37. The number of β-amino-alcohol motifs (C(OH)–C–C–N with tert-alkyl or cyclic N) is 1. The molecule has 0 saturated carbocycles. The number of nitrogens with one attached hydrogen (secondary N) is 1. The molecule has 1 heterocycles. The lowest BCUT2D eigenvalue weighted by molar-refractivity contribution is -0.131. The van der Waals surface area contributed by atoms with Crippen LogP contribution in [0.2, 0.25) is 0 Å². The van der Waals surface area contributed by atoms with Crippen LogP contribution >= 0.6 is 0 Å². The average Bonchev–Trinajstić information content (AvgIpc) is 2.67. The van der Waals surface area contributed by atoms with Crippen LogP contribution in [0.3, 0.4) is 0 Å². The minimum absolute atomic E-state index is 0.0185. The molecule has 1 aliphatic heterocycles. The van der Waals surface area contributed by atoms with Crippen LogP contribution in [-0.2, 0) is 11.2 Å². The van der Waals surface area contributed by atoms with Gasteiger partial charge in [-0.15, -0.1) is 0 Å². The van der Waals surface area contributed by atoms with Gasteiger partial charge in [0.25, 0.3) is 5.91 Å². The summed E-state index contributed by atoms with van der Waals surface area (Å²) in [6.07, 6.45) is -0.0361. The maximum atomic E-state index is 12.0. The van der Waals surface area contributed by atoms with E-state index >= 15 is 0 Å². The molecule has 1 aromatic carbocycles. The third-order valence-corrected chi connectivity index (χ3v) is 3.59. The second-order valence-electron chi connectivity index (χ2n) is 5.94. The van der Waals surface area contributed by atoms with Gasteiger partial charge in [-0.05, 0) is 38.0 Å². The normalized spacial score (nSPS) is 18.3. The molecule has 1 aliphatic rings. The lowest BCUT2D eigenvalue weighted by atomic mass is 10.1. The van der Waals surface area contributed by atoms with Gasteiger partial charge in [0.2, 0.25) is 0 Å². The maximum Gasteiger partial charge on any atom is 0.325 e. The van der Waals surface area contributed by atoms with Crippen molar-refractivity contribution in [1.82, 2.24) is 10.2 Å². The lowest BCUT2D eigenvalue weighted by Crippen LogP contribution is -2.42. The zero-order valence-electron chi connectivity index (χ0n) is 13.1. The predicted molar refractivity (Wildman–Crippen MR) is 81.6 cm³/mol. The Bertz CT molecular complexity index is 571. The molecular weight excluding hydrogens is 284 g/mol. The fourth-order valence-electron chi connectivity index (χ4n) is 2.29. The molecule has 0 aromatic heterocycles. The molecule has 1 saturated heterocycles. The summed E-state index contributed by atoms with van der Waals surface area (Å²) in [5.41, 5.74) is 0.218. The van der Waals surface area contributed by atoms with Crippen molar-refractivity contribution in [2.45, 2.75) is 38.8 Å². The van der Waals surface area contributed by atoms with E-state index in [-0.39, 0.29) is 19.1 Å². The van der Waals surface area contributed by atoms with Crippen LogP contribution in [0.5, 0.6) is 5.75 Å². The third-order valence-electron chi connectivity index (χ3n) is 3.59. The van der Waals surface area contributed by atoms with Gasteiger partial charge in [0, 0.05) is 0 Å². The number of imide groups is 1. The summed E-state index contributed by atoms with van der Waals surface area (Å²) in [4.78, 5) is 24.8. The Balaban J connectivity index is 1.89. The van der Waals surface area contributed by atoms with Gasteiger partial charge in [-0.1, -0.05) is 19.1 Å². The first-order chi connectivity index (χ1) is 10.3.